The second-order valence-electron chi connectivity index (χ2n) is 3.46. The zero-order valence-corrected chi connectivity index (χ0v) is 8.76. The van der Waals surface area contributed by atoms with E-state index in [2.05, 4.69) is 11.9 Å². The molecule has 15 heavy (non-hydrogen) atoms. The van der Waals surface area contributed by atoms with Crippen LogP contribution in [-0.2, 0) is 6.54 Å². The van der Waals surface area contributed by atoms with Crippen molar-refractivity contribution in [3.63, 3.8) is 0 Å². The molecule has 0 N–H and O–H groups in total. The SMILES string of the molecule is Cc1ccc(OCCn2ccnc2)cc1. The normalized spacial score (nSPS) is 10.2. The lowest BCUT2D eigenvalue weighted by Crippen LogP contribution is -2.06. The lowest BCUT2D eigenvalue weighted by Gasteiger charge is -2.06. The van der Waals surface area contributed by atoms with Crippen molar-refractivity contribution in [1.29, 1.82) is 0 Å². The molecule has 0 saturated carbocycles. The summed E-state index contributed by atoms with van der Waals surface area (Å²) in [5.74, 6) is 0.917. The van der Waals surface area contributed by atoms with Gasteiger partial charge >= 0.3 is 0 Å². The van der Waals surface area contributed by atoms with E-state index in [-0.39, 0.29) is 0 Å². The molecular weight excluding hydrogens is 188 g/mol. The summed E-state index contributed by atoms with van der Waals surface area (Å²) in [5, 5.41) is 0. The quantitative estimate of drug-likeness (QED) is 0.760. The summed E-state index contributed by atoms with van der Waals surface area (Å²) in [4.78, 5) is 3.97. The Labute approximate surface area is 89.3 Å². The van der Waals surface area contributed by atoms with Crippen LogP contribution in [0.4, 0.5) is 0 Å². The van der Waals surface area contributed by atoms with Gasteiger partial charge in [0.25, 0.3) is 0 Å². The number of ether oxygens (including phenoxy) is 1. The first-order valence-corrected chi connectivity index (χ1v) is 5.00. The Hall–Kier alpha value is -1.77. The summed E-state index contributed by atoms with van der Waals surface area (Å²) in [6.07, 6.45) is 5.49. The molecule has 2 rings (SSSR count). The van der Waals surface area contributed by atoms with Gasteiger partial charge in [-0.1, -0.05) is 17.7 Å². The number of benzene rings is 1. The Morgan fingerprint density at radius 1 is 1.27 bits per heavy atom. The average Bonchev–Trinajstić information content (AvgIpc) is 2.74. The Morgan fingerprint density at radius 2 is 2.07 bits per heavy atom. The molecule has 0 radical (unpaired) electrons. The molecule has 0 aliphatic carbocycles. The van der Waals surface area contributed by atoms with Gasteiger partial charge in [0, 0.05) is 12.4 Å². The average molecular weight is 202 g/mol. The Balaban J connectivity index is 1.81. The fourth-order valence-electron chi connectivity index (χ4n) is 1.32. The predicted octanol–water partition coefficient (Wildman–Crippen LogP) is 2.27. The van der Waals surface area contributed by atoms with Crippen molar-refractivity contribution >= 4 is 0 Å². The van der Waals surface area contributed by atoms with Gasteiger partial charge < -0.3 is 9.30 Å². The third-order valence-electron chi connectivity index (χ3n) is 2.20. The fourth-order valence-corrected chi connectivity index (χ4v) is 1.32. The van der Waals surface area contributed by atoms with E-state index in [0.29, 0.717) is 6.61 Å². The number of aromatic nitrogens is 2. The van der Waals surface area contributed by atoms with Crippen LogP contribution in [-0.4, -0.2) is 16.2 Å². The number of nitrogens with zero attached hydrogens (tertiary/aromatic N) is 2. The minimum Gasteiger partial charge on any atom is -0.492 e. The minimum absolute atomic E-state index is 0.666. The summed E-state index contributed by atoms with van der Waals surface area (Å²) in [6, 6.07) is 8.07. The first kappa shape index (κ1) is 9.77. The number of imidazole rings is 1. The first-order chi connectivity index (χ1) is 7.34. The number of rotatable bonds is 4. The van der Waals surface area contributed by atoms with Gasteiger partial charge in [0.1, 0.15) is 12.4 Å². The molecule has 1 aromatic carbocycles. The molecule has 0 unspecified atom stereocenters. The number of aryl methyl sites for hydroxylation is 1. The third kappa shape index (κ3) is 2.84. The fraction of sp³-hybridized carbons (Fsp3) is 0.250. The van der Waals surface area contributed by atoms with Crippen LogP contribution in [0.25, 0.3) is 0 Å². The van der Waals surface area contributed by atoms with E-state index in [1.165, 1.54) is 5.56 Å². The molecule has 0 spiro atoms. The summed E-state index contributed by atoms with van der Waals surface area (Å²) < 4.78 is 7.58. The Kier molecular flexibility index (Phi) is 3.02. The van der Waals surface area contributed by atoms with Crippen molar-refractivity contribution in [2.24, 2.45) is 0 Å². The Morgan fingerprint density at radius 3 is 2.73 bits per heavy atom. The summed E-state index contributed by atoms with van der Waals surface area (Å²) in [6.45, 7) is 3.56. The molecule has 3 nitrogen and oxygen atoms in total. The van der Waals surface area contributed by atoms with E-state index in [9.17, 15) is 0 Å². The largest absolute Gasteiger partial charge is 0.492 e. The van der Waals surface area contributed by atoms with Crippen molar-refractivity contribution < 1.29 is 4.74 Å². The Bertz CT molecular complexity index is 392. The van der Waals surface area contributed by atoms with Crippen LogP contribution in [0.1, 0.15) is 5.56 Å². The van der Waals surface area contributed by atoms with Gasteiger partial charge in [-0.3, -0.25) is 0 Å². The summed E-state index contributed by atoms with van der Waals surface area (Å²) >= 11 is 0. The van der Waals surface area contributed by atoms with Crippen LogP contribution in [0.2, 0.25) is 0 Å². The highest BCUT2D eigenvalue weighted by atomic mass is 16.5. The highest BCUT2D eigenvalue weighted by Gasteiger charge is 1.93. The van der Waals surface area contributed by atoms with E-state index >= 15 is 0 Å². The molecule has 3 heteroatoms. The van der Waals surface area contributed by atoms with Gasteiger partial charge in [-0.25, -0.2) is 4.98 Å². The molecule has 1 heterocycles. The lowest BCUT2D eigenvalue weighted by molar-refractivity contribution is 0.298. The molecule has 0 aliphatic heterocycles. The van der Waals surface area contributed by atoms with Gasteiger partial charge in [0.05, 0.1) is 12.9 Å². The van der Waals surface area contributed by atoms with E-state index < -0.39 is 0 Å². The standard InChI is InChI=1S/C12H14N2O/c1-11-2-4-12(5-3-11)15-9-8-14-7-6-13-10-14/h2-7,10H,8-9H2,1H3. The van der Waals surface area contributed by atoms with E-state index in [1.807, 2.05) is 35.0 Å². The van der Waals surface area contributed by atoms with Crippen LogP contribution in [0.15, 0.2) is 43.0 Å². The van der Waals surface area contributed by atoms with E-state index in [0.717, 1.165) is 12.3 Å². The molecule has 0 aliphatic rings. The van der Waals surface area contributed by atoms with Crippen LogP contribution in [0, 0.1) is 6.92 Å². The van der Waals surface area contributed by atoms with Gasteiger partial charge in [0.2, 0.25) is 0 Å². The minimum atomic E-state index is 0.666. The molecule has 0 fully saturated rings. The second kappa shape index (κ2) is 4.64. The third-order valence-corrected chi connectivity index (χ3v) is 2.20. The van der Waals surface area contributed by atoms with Crippen molar-refractivity contribution in [3.8, 4) is 5.75 Å². The molecule has 0 saturated heterocycles. The monoisotopic (exact) mass is 202 g/mol. The van der Waals surface area contributed by atoms with Crippen LogP contribution in [0.3, 0.4) is 0 Å². The van der Waals surface area contributed by atoms with Gasteiger partial charge in [-0.05, 0) is 19.1 Å². The zero-order chi connectivity index (χ0) is 10.5. The van der Waals surface area contributed by atoms with Crippen molar-refractivity contribution in [1.82, 2.24) is 9.55 Å². The molecule has 0 bridgehead atoms. The molecular formula is C12H14N2O. The zero-order valence-electron chi connectivity index (χ0n) is 8.76. The van der Waals surface area contributed by atoms with Crippen LogP contribution >= 0.6 is 0 Å². The van der Waals surface area contributed by atoms with Gasteiger partial charge in [0.15, 0.2) is 0 Å². The molecule has 0 amide bonds. The van der Waals surface area contributed by atoms with Crippen LogP contribution in [0.5, 0.6) is 5.75 Å². The maximum atomic E-state index is 5.59. The smallest absolute Gasteiger partial charge is 0.119 e. The second-order valence-corrected chi connectivity index (χ2v) is 3.46. The number of hydrogen-bond acceptors (Lipinski definition) is 2. The van der Waals surface area contributed by atoms with Crippen molar-refractivity contribution in [2.75, 3.05) is 6.61 Å². The van der Waals surface area contributed by atoms with Gasteiger partial charge in [-0.15, -0.1) is 0 Å². The molecule has 0 atom stereocenters. The summed E-state index contributed by atoms with van der Waals surface area (Å²) in [5.41, 5.74) is 1.25. The molecule has 1 aromatic heterocycles. The van der Waals surface area contributed by atoms with Gasteiger partial charge in [-0.2, -0.15) is 0 Å². The highest BCUT2D eigenvalue weighted by molar-refractivity contribution is 5.26. The lowest BCUT2D eigenvalue weighted by atomic mass is 10.2. The predicted molar refractivity (Wildman–Crippen MR) is 58.9 cm³/mol. The maximum absolute atomic E-state index is 5.59. The first-order valence-electron chi connectivity index (χ1n) is 5.00. The topological polar surface area (TPSA) is 27.1 Å². The van der Waals surface area contributed by atoms with E-state index in [4.69, 9.17) is 4.74 Å². The molecule has 2 aromatic rings. The van der Waals surface area contributed by atoms with Crippen molar-refractivity contribution in [3.05, 3.63) is 48.5 Å². The molecule has 78 valence electrons. The summed E-state index contributed by atoms with van der Waals surface area (Å²) in [7, 11) is 0. The van der Waals surface area contributed by atoms with E-state index in [1.54, 1.807) is 12.5 Å². The maximum Gasteiger partial charge on any atom is 0.119 e. The van der Waals surface area contributed by atoms with Crippen molar-refractivity contribution in [2.45, 2.75) is 13.5 Å². The number of hydrogen-bond donors (Lipinski definition) is 0. The highest BCUT2D eigenvalue weighted by Crippen LogP contribution is 2.11. The van der Waals surface area contributed by atoms with Crippen LogP contribution < -0.4 is 4.74 Å².